The van der Waals surface area contributed by atoms with Crippen LogP contribution in [0.3, 0.4) is 0 Å². The van der Waals surface area contributed by atoms with Gasteiger partial charge in [0.1, 0.15) is 12.6 Å². The van der Waals surface area contributed by atoms with Crippen LogP contribution in [0, 0.1) is 0 Å². The molecule has 3 N–H and O–H groups in total. The zero-order valence-electron chi connectivity index (χ0n) is 35.5. The molecule has 0 bridgehead atoms. The molecule has 0 unspecified atom stereocenters. The normalized spacial score (nSPS) is 14.4. The monoisotopic (exact) mass is 822 g/mol. The molecule has 10 nitrogen and oxygen atoms in total. The molecule has 0 aromatic heterocycles. The Morgan fingerprint density at radius 3 is 2.16 bits per heavy atom. The molecular formula is C51H58N4O6. The van der Waals surface area contributed by atoms with Crippen molar-refractivity contribution in [2.75, 3.05) is 18.0 Å². The summed E-state index contributed by atoms with van der Waals surface area (Å²) >= 11 is 0. The van der Waals surface area contributed by atoms with Crippen molar-refractivity contribution in [3.8, 4) is 11.1 Å². The summed E-state index contributed by atoms with van der Waals surface area (Å²) in [5, 5.41) is 9.55. The standard InChI is InChI=1S/C51H58N4O6/c1-37(60-35-39-16-6-4-7-17-39)33-53-51(2,3)32-47(56)54-45-30-29-42-20-10-13-23-46(42)55(50(45)59)34-38-25-27-41(28-26-38)43-21-11-12-22-44(43)49(58)52-31-15-14-24-48(57)61-36-40-18-8-5-9-19-40/h4-13,16-23,25-28,37,45,53H,14-15,24,29-36H2,1-3H3,(H,52,58)(H,54,56)/t37-,45-/m1/s1. The fourth-order valence-corrected chi connectivity index (χ4v) is 7.42. The van der Waals surface area contributed by atoms with E-state index in [9.17, 15) is 19.2 Å². The third kappa shape index (κ3) is 13.4. The maximum Gasteiger partial charge on any atom is 0.306 e. The molecule has 0 saturated carbocycles. The average Bonchev–Trinajstić information content (AvgIpc) is 3.40. The van der Waals surface area contributed by atoms with Crippen LogP contribution in [0.5, 0.6) is 0 Å². The summed E-state index contributed by atoms with van der Waals surface area (Å²) in [5.74, 6) is -0.781. The number of fused-ring (bicyclic) bond motifs is 1. The summed E-state index contributed by atoms with van der Waals surface area (Å²) in [5.41, 5.74) is 6.56. The van der Waals surface area contributed by atoms with Crippen LogP contribution in [0.4, 0.5) is 5.69 Å². The van der Waals surface area contributed by atoms with Gasteiger partial charge in [0.25, 0.3) is 5.91 Å². The van der Waals surface area contributed by atoms with E-state index in [2.05, 4.69) is 16.0 Å². The highest BCUT2D eigenvalue weighted by Crippen LogP contribution is 2.30. The molecule has 0 radical (unpaired) electrons. The van der Waals surface area contributed by atoms with Gasteiger partial charge in [0.2, 0.25) is 11.8 Å². The first-order valence-corrected chi connectivity index (χ1v) is 21.3. The Morgan fingerprint density at radius 2 is 1.43 bits per heavy atom. The van der Waals surface area contributed by atoms with Gasteiger partial charge in [-0.25, -0.2) is 0 Å². The van der Waals surface area contributed by atoms with Crippen molar-refractivity contribution >= 4 is 29.4 Å². The lowest BCUT2D eigenvalue weighted by atomic mass is 9.98. The van der Waals surface area contributed by atoms with E-state index in [0.717, 1.165) is 39.1 Å². The summed E-state index contributed by atoms with van der Waals surface area (Å²) in [4.78, 5) is 55.1. The van der Waals surface area contributed by atoms with E-state index in [1.807, 2.05) is 148 Å². The number of nitrogens with zero attached hydrogens (tertiary/aromatic N) is 1. The lowest BCUT2D eigenvalue weighted by molar-refractivity contribution is -0.145. The Kier molecular flexibility index (Phi) is 16.0. The summed E-state index contributed by atoms with van der Waals surface area (Å²) < 4.78 is 11.4. The number of esters is 1. The maximum absolute atomic E-state index is 14.3. The molecule has 0 fully saturated rings. The predicted molar refractivity (Wildman–Crippen MR) is 240 cm³/mol. The van der Waals surface area contributed by atoms with Gasteiger partial charge in [-0.3, -0.25) is 19.2 Å². The molecule has 6 rings (SSSR count). The molecule has 2 atom stereocenters. The first-order chi connectivity index (χ1) is 29.5. The zero-order chi connectivity index (χ0) is 43.0. The van der Waals surface area contributed by atoms with Crippen molar-refractivity contribution in [1.82, 2.24) is 16.0 Å². The van der Waals surface area contributed by atoms with Crippen molar-refractivity contribution in [2.24, 2.45) is 0 Å². The minimum atomic E-state index is -0.679. The number of anilines is 1. The molecule has 0 spiro atoms. The van der Waals surface area contributed by atoms with E-state index < -0.39 is 11.6 Å². The highest BCUT2D eigenvalue weighted by molar-refractivity contribution is 6.01. The van der Waals surface area contributed by atoms with Crippen molar-refractivity contribution in [1.29, 1.82) is 0 Å². The van der Waals surface area contributed by atoms with Crippen LogP contribution < -0.4 is 20.9 Å². The lowest BCUT2D eigenvalue weighted by Crippen LogP contribution is -2.51. The van der Waals surface area contributed by atoms with E-state index in [0.29, 0.717) is 57.5 Å². The number of hydrogen-bond donors (Lipinski definition) is 3. The number of carbonyl (C=O) groups is 4. The Labute approximate surface area is 360 Å². The number of ether oxygens (including phenoxy) is 2. The van der Waals surface area contributed by atoms with E-state index in [1.54, 1.807) is 11.0 Å². The largest absolute Gasteiger partial charge is 0.461 e. The Morgan fingerprint density at radius 1 is 0.770 bits per heavy atom. The molecule has 61 heavy (non-hydrogen) atoms. The minimum Gasteiger partial charge on any atom is -0.461 e. The van der Waals surface area contributed by atoms with Crippen LogP contribution in [-0.4, -0.2) is 54.5 Å². The van der Waals surface area contributed by atoms with Gasteiger partial charge in [-0.15, -0.1) is 0 Å². The van der Waals surface area contributed by atoms with Gasteiger partial charge in [-0.1, -0.05) is 121 Å². The zero-order valence-corrected chi connectivity index (χ0v) is 35.5. The number of aryl methyl sites for hydroxylation is 1. The molecule has 0 saturated heterocycles. The van der Waals surface area contributed by atoms with Crippen molar-refractivity contribution < 1.29 is 28.7 Å². The Hall–Kier alpha value is -6.10. The van der Waals surface area contributed by atoms with Crippen molar-refractivity contribution in [3.63, 3.8) is 0 Å². The number of nitrogens with one attached hydrogen (secondary N) is 3. The second-order valence-corrected chi connectivity index (χ2v) is 16.4. The average molecular weight is 823 g/mol. The van der Waals surface area contributed by atoms with E-state index in [4.69, 9.17) is 9.47 Å². The van der Waals surface area contributed by atoms with Crippen LogP contribution in [0.15, 0.2) is 133 Å². The van der Waals surface area contributed by atoms with Crippen molar-refractivity contribution in [2.45, 2.75) is 96.7 Å². The van der Waals surface area contributed by atoms with E-state index in [1.165, 1.54) is 0 Å². The SMILES string of the molecule is C[C@H](CNC(C)(C)CC(=O)N[C@@H]1CCc2ccccc2N(Cc2ccc(-c3ccccc3C(=O)NCCCCC(=O)OCc3ccccc3)cc2)C1=O)OCc1ccccc1. The summed E-state index contributed by atoms with van der Waals surface area (Å²) in [7, 11) is 0. The smallest absolute Gasteiger partial charge is 0.306 e. The highest BCUT2D eigenvalue weighted by atomic mass is 16.5. The molecule has 1 aliphatic rings. The first kappa shape index (κ1) is 44.5. The molecule has 318 valence electrons. The van der Waals surface area contributed by atoms with Crippen LogP contribution in [0.1, 0.15) is 85.5 Å². The number of amides is 3. The second-order valence-electron chi connectivity index (χ2n) is 16.4. The van der Waals surface area contributed by atoms with E-state index in [-0.39, 0.29) is 49.2 Å². The third-order valence-corrected chi connectivity index (χ3v) is 10.8. The Bertz CT molecular complexity index is 2210. The van der Waals surface area contributed by atoms with Crippen LogP contribution in [0.2, 0.25) is 0 Å². The topological polar surface area (TPSA) is 126 Å². The minimum absolute atomic E-state index is 0.0568. The Balaban J connectivity index is 1.02. The molecule has 0 aliphatic carbocycles. The van der Waals surface area contributed by atoms with E-state index >= 15 is 0 Å². The number of benzene rings is 5. The third-order valence-electron chi connectivity index (χ3n) is 10.8. The van der Waals surface area contributed by atoms with Crippen LogP contribution >= 0.6 is 0 Å². The molecule has 3 amide bonds. The number of para-hydroxylation sites is 1. The molecule has 1 aliphatic heterocycles. The van der Waals surface area contributed by atoms with Gasteiger partial charge in [-0.05, 0) is 92.0 Å². The maximum atomic E-state index is 14.3. The van der Waals surface area contributed by atoms with Crippen LogP contribution in [0.25, 0.3) is 11.1 Å². The fraction of sp³-hybridized carbons (Fsp3) is 0.333. The molecule has 1 heterocycles. The quantitative estimate of drug-likeness (QED) is 0.0533. The number of carbonyl (C=O) groups excluding carboxylic acids is 4. The molecular weight excluding hydrogens is 765 g/mol. The summed E-state index contributed by atoms with van der Waals surface area (Å²) in [6, 6.07) is 42.2. The van der Waals surface area contributed by atoms with Gasteiger partial charge < -0.3 is 30.3 Å². The lowest BCUT2D eigenvalue weighted by Gasteiger charge is -2.30. The molecule has 10 heteroatoms. The van der Waals surface area contributed by atoms with Gasteiger partial charge in [0, 0.05) is 42.7 Å². The summed E-state index contributed by atoms with van der Waals surface area (Å²) in [6.45, 7) is 8.08. The van der Waals surface area contributed by atoms with Gasteiger partial charge in [0.05, 0.1) is 19.3 Å². The van der Waals surface area contributed by atoms with Gasteiger partial charge in [0.15, 0.2) is 0 Å². The second kappa shape index (κ2) is 21.9. The molecule has 5 aromatic carbocycles. The number of rotatable bonds is 20. The van der Waals surface area contributed by atoms with Gasteiger partial charge in [-0.2, -0.15) is 0 Å². The van der Waals surface area contributed by atoms with Crippen LogP contribution in [-0.2, 0) is 50.0 Å². The summed E-state index contributed by atoms with van der Waals surface area (Å²) in [6.07, 6.45) is 2.83. The highest BCUT2D eigenvalue weighted by Gasteiger charge is 2.33. The van der Waals surface area contributed by atoms with Gasteiger partial charge >= 0.3 is 5.97 Å². The van der Waals surface area contributed by atoms with Crippen molar-refractivity contribution in [3.05, 3.63) is 161 Å². The fourth-order valence-electron chi connectivity index (χ4n) is 7.42. The number of unbranched alkanes of at least 4 members (excludes halogenated alkanes) is 1. The predicted octanol–water partition coefficient (Wildman–Crippen LogP) is 8.32. The molecule has 5 aromatic rings. The number of hydrogen-bond acceptors (Lipinski definition) is 7. The first-order valence-electron chi connectivity index (χ1n) is 21.3.